The van der Waals surface area contributed by atoms with Crippen molar-refractivity contribution in [2.75, 3.05) is 11.5 Å². The number of thioether (sulfide) groups is 1. The van der Waals surface area contributed by atoms with Gasteiger partial charge in [-0.15, -0.1) is 0 Å². The maximum Gasteiger partial charge on any atom is 0.253 e. The number of hydrogen-bond donors (Lipinski definition) is 0. The first-order chi connectivity index (χ1) is 6.16. The topological polar surface area (TPSA) is 37.4 Å². The van der Waals surface area contributed by atoms with Crippen LogP contribution in [0.1, 0.15) is 13.8 Å². The van der Waals surface area contributed by atoms with Gasteiger partial charge in [-0.2, -0.15) is 11.8 Å². The van der Waals surface area contributed by atoms with Crippen molar-refractivity contribution in [3.8, 4) is 0 Å². The summed E-state index contributed by atoms with van der Waals surface area (Å²) in [6, 6.07) is -0.0000463. The first kappa shape index (κ1) is 10.3. The molecule has 1 aliphatic rings. The Morgan fingerprint density at radius 2 is 1.92 bits per heavy atom. The molecule has 1 aliphatic heterocycles. The van der Waals surface area contributed by atoms with Gasteiger partial charge in [-0.05, 0) is 12.7 Å². The lowest BCUT2D eigenvalue weighted by molar-refractivity contribution is -0.138. The third-order valence-electron chi connectivity index (χ3n) is 1.85. The fourth-order valence-corrected chi connectivity index (χ4v) is 1.94. The van der Waals surface area contributed by atoms with E-state index in [9.17, 15) is 9.59 Å². The van der Waals surface area contributed by atoms with Gasteiger partial charge >= 0.3 is 0 Å². The van der Waals surface area contributed by atoms with Crippen LogP contribution < -0.4 is 0 Å². The molecule has 0 aromatic rings. The largest absolute Gasteiger partial charge is 0.272 e. The molecule has 1 unspecified atom stereocenters. The van der Waals surface area contributed by atoms with Crippen molar-refractivity contribution in [1.29, 1.82) is 0 Å². The minimum absolute atomic E-state index is 0.0000463. The van der Waals surface area contributed by atoms with E-state index >= 15 is 0 Å². The summed E-state index contributed by atoms with van der Waals surface area (Å²) in [6.07, 6.45) is 2.66. The molecule has 0 saturated heterocycles. The lowest BCUT2D eigenvalue weighted by Crippen LogP contribution is -2.39. The zero-order chi connectivity index (χ0) is 9.84. The number of amides is 2. The zero-order valence-electron chi connectivity index (χ0n) is 7.82. The molecule has 0 aliphatic carbocycles. The number of nitrogens with zero attached hydrogens (tertiary/aromatic N) is 1. The summed E-state index contributed by atoms with van der Waals surface area (Å²) in [7, 11) is 0. The normalized spacial score (nSPS) is 18.5. The van der Waals surface area contributed by atoms with Crippen LogP contribution >= 0.6 is 11.8 Å². The van der Waals surface area contributed by atoms with Gasteiger partial charge in [-0.3, -0.25) is 14.5 Å². The lowest BCUT2D eigenvalue weighted by Gasteiger charge is -2.21. The second-order valence-corrected chi connectivity index (χ2v) is 4.21. The molecule has 1 atom stereocenters. The Labute approximate surface area is 82.2 Å². The summed E-state index contributed by atoms with van der Waals surface area (Å²) >= 11 is 1.73. The predicted molar refractivity (Wildman–Crippen MR) is 53.5 cm³/mol. The minimum Gasteiger partial charge on any atom is -0.272 e. The van der Waals surface area contributed by atoms with Gasteiger partial charge in [0.2, 0.25) is 0 Å². The highest BCUT2D eigenvalue weighted by Gasteiger charge is 2.27. The van der Waals surface area contributed by atoms with E-state index in [1.165, 1.54) is 17.1 Å². The van der Waals surface area contributed by atoms with E-state index < -0.39 is 0 Å². The summed E-state index contributed by atoms with van der Waals surface area (Å²) in [5.41, 5.74) is 0. The molecule has 1 rings (SSSR count). The Morgan fingerprint density at radius 1 is 1.38 bits per heavy atom. The van der Waals surface area contributed by atoms with Crippen LogP contribution in [0.2, 0.25) is 0 Å². The van der Waals surface area contributed by atoms with Gasteiger partial charge in [0.1, 0.15) is 0 Å². The quantitative estimate of drug-likeness (QED) is 0.635. The molecular formula is C9H13NO2S. The molecule has 0 fully saturated rings. The van der Waals surface area contributed by atoms with E-state index in [1.54, 1.807) is 11.8 Å². The average Bonchev–Trinajstić information content (AvgIpc) is 2.42. The Morgan fingerprint density at radius 3 is 2.38 bits per heavy atom. The number of imide groups is 1. The number of carbonyl (C=O) groups is 2. The Kier molecular flexibility index (Phi) is 3.54. The van der Waals surface area contributed by atoms with Gasteiger partial charge in [-0.25, -0.2) is 0 Å². The first-order valence-corrected chi connectivity index (χ1v) is 5.45. The van der Waals surface area contributed by atoms with Crippen molar-refractivity contribution in [2.45, 2.75) is 19.9 Å². The van der Waals surface area contributed by atoms with Crippen molar-refractivity contribution in [3.05, 3.63) is 12.2 Å². The predicted octanol–water partition coefficient (Wildman–Crippen LogP) is 1.05. The molecule has 1 heterocycles. The molecule has 0 spiro atoms. The maximum atomic E-state index is 11.2. The monoisotopic (exact) mass is 199 g/mol. The second kappa shape index (κ2) is 4.46. The summed E-state index contributed by atoms with van der Waals surface area (Å²) < 4.78 is 0. The summed E-state index contributed by atoms with van der Waals surface area (Å²) in [4.78, 5) is 23.7. The molecule has 3 nitrogen and oxygen atoms in total. The van der Waals surface area contributed by atoms with Crippen LogP contribution in [-0.2, 0) is 9.59 Å². The van der Waals surface area contributed by atoms with Gasteiger partial charge in [0.05, 0.1) is 0 Å². The number of carbonyl (C=O) groups excluding carboxylic acids is 2. The summed E-state index contributed by atoms with van der Waals surface area (Å²) in [6.45, 7) is 3.95. The van der Waals surface area contributed by atoms with Crippen LogP contribution in [0, 0.1) is 0 Å². The van der Waals surface area contributed by atoms with E-state index in [1.807, 2.05) is 6.92 Å². The lowest BCUT2D eigenvalue weighted by atomic mass is 10.3. The van der Waals surface area contributed by atoms with Gasteiger partial charge in [-0.1, -0.05) is 6.92 Å². The van der Waals surface area contributed by atoms with Crippen LogP contribution in [0.3, 0.4) is 0 Å². The van der Waals surface area contributed by atoms with Crippen molar-refractivity contribution in [3.63, 3.8) is 0 Å². The standard InChI is InChI=1S/C9H13NO2S/c1-3-13-6-7(2)10-8(11)4-5-9(10)12/h4-5,7H,3,6H2,1-2H3. The molecule has 72 valence electrons. The van der Waals surface area contributed by atoms with Crippen LogP contribution in [0.5, 0.6) is 0 Å². The maximum absolute atomic E-state index is 11.2. The second-order valence-electron chi connectivity index (χ2n) is 2.89. The van der Waals surface area contributed by atoms with Crippen LogP contribution in [0.15, 0.2) is 12.2 Å². The van der Waals surface area contributed by atoms with Crippen LogP contribution in [0.25, 0.3) is 0 Å². The van der Waals surface area contributed by atoms with Gasteiger partial charge < -0.3 is 0 Å². The fraction of sp³-hybridized carbons (Fsp3) is 0.556. The number of hydrogen-bond acceptors (Lipinski definition) is 3. The van der Waals surface area contributed by atoms with Gasteiger partial charge in [0.15, 0.2) is 0 Å². The molecule has 0 radical (unpaired) electrons. The molecule has 0 N–H and O–H groups in total. The Hall–Kier alpha value is -0.770. The summed E-state index contributed by atoms with van der Waals surface area (Å²) in [5.74, 6) is 1.45. The van der Waals surface area contributed by atoms with Crippen LogP contribution in [0.4, 0.5) is 0 Å². The smallest absolute Gasteiger partial charge is 0.253 e. The third kappa shape index (κ3) is 2.34. The highest BCUT2D eigenvalue weighted by molar-refractivity contribution is 7.99. The fourth-order valence-electron chi connectivity index (χ4n) is 1.21. The summed E-state index contributed by atoms with van der Waals surface area (Å²) in [5, 5.41) is 0. The van der Waals surface area contributed by atoms with E-state index in [2.05, 4.69) is 6.92 Å². The zero-order valence-corrected chi connectivity index (χ0v) is 8.63. The molecule has 0 aromatic carbocycles. The van der Waals surface area contributed by atoms with Crippen molar-refractivity contribution in [1.82, 2.24) is 4.90 Å². The molecule has 0 saturated carbocycles. The Bertz CT molecular complexity index is 232. The highest BCUT2D eigenvalue weighted by atomic mass is 32.2. The van der Waals surface area contributed by atoms with E-state index in [0.29, 0.717) is 0 Å². The average molecular weight is 199 g/mol. The minimum atomic E-state index is -0.186. The van der Waals surface area contributed by atoms with E-state index in [-0.39, 0.29) is 17.9 Å². The van der Waals surface area contributed by atoms with E-state index in [0.717, 1.165) is 11.5 Å². The SMILES string of the molecule is CCSCC(C)N1C(=O)C=CC1=O. The van der Waals surface area contributed by atoms with Crippen molar-refractivity contribution < 1.29 is 9.59 Å². The molecular weight excluding hydrogens is 186 g/mol. The Balaban J connectivity index is 2.51. The van der Waals surface area contributed by atoms with E-state index in [4.69, 9.17) is 0 Å². The first-order valence-electron chi connectivity index (χ1n) is 4.29. The molecule has 0 aromatic heterocycles. The molecule has 2 amide bonds. The van der Waals surface area contributed by atoms with Crippen molar-refractivity contribution >= 4 is 23.6 Å². The number of rotatable bonds is 4. The molecule has 0 bridgehead atoms. The third-order valence-corrected chi connectivity index (χ3v) is 2.97. The van der Waals surface area contributed by atoms with Crippen LogP contribution in [-0.4, -0.2) is 34.3 Å². The highest BCUT2D eigenvalue weighted by Crippen LogP contribution is 2.13. The van der Waals surface area contributed by atoms with Gasteiger partial charge in [0.25, 0.3) is 11.8 Å². The van der Waals surface area contributed by atoms with Crippen molar-refractivity contribution in [2.24, 2.45) is 0 Å². The molecule has 13 heavy (non-hydrogen) atoms. The van der Waals surface area contributed by atoms with Gasteiger partial charge in [0, 0.05) is 23.9 Å². The molecule has 4 heteroatoms.